The van der Waals surface area contributed by atoms with Crippen LogP contribution in [0.1, 0.15) is 89.8 Å². The second-order valence-electron chi connectivity index (χ2n) is 17.1. The van der Waals surface area contributed by atoms with Gasteiger partial charge in [-0.15, -0.1) is 10.2 Å². The number of amides is 6. The molecule has 332 valence electrons. The third-order valence-corrected chi connectivity index (χ3v) is 13.2. The highest BCUT2D eigenvalue weighted by Crippen LogP contribution is 2.32. The minimum absolute atomic E-state index is 0.00369. The number of piperidine rings is 3. The van der Waals surface area contributed by atoms with Gasteiger partial charge >= 0.3 is 0 Å². The van der Waals surface area contributed by atoms with Gasteiger partial charge in [0.2, 0.25) is 23.6 Å². The van der Waals surface area contributed by atoms with E-state index in [4.69, 9.17) is 0 Å². The molecule has 17 nitrogen and oxygen atoms in total. The van der Waals surface area contributed by atoms with E-state index in [-0.39, 0.29) is 49.0 Å². The first-order chi connectivity index (χ1) is 30.7. The van der Waals surface area contributed by atoms with Crippen molar-refractivity contribution in [2.24, 2.45) is 5.92 Å². The molecule has 1 atom stereocenters. The smallest absolute Gasteiger partial charge is 0.274 e. The number of carbonyl (C=O) groups excluding carboxylic acids is 6. The van der Waals surface area contributed by atoms with Crippen molar-refractivity contribution in [3.05, 3.63) is 83.3 Å². The van der Waals surface area contributed by atoms with Crippen molar-refractivity contribution in [3.63, 3.8) is 0 Å². The molecule has 0 spiro atoms. The molecule has 63 heavy (non-hydrogen) atoms. The van der Waals surface area contributed by atoms with E-state index in [1.54, 1.807) is 36.7 Å². The molecule has 5 aliphatic heterocycles. The van der Waals surface area contributed by atoms with Gasteiger partial charge in [0.15, 0.2) is 11.5 Å². The van der Waals surface area contributed by atoms with Gasteiger partial charge in [0.25, 0.3) is 11.8 Å². The van der Waals surface area contributed by atoms with Crippen LogP contribution in [0, 0.1) is 5.92 Å². The van der Waals surface area contributed by atoms with Crippen molar-refractivity contribution < 1.29 is 28.8 Å². The van der Waals surface area contributed by atoms with Crippen molar-refractivity contribution in [2.45, 2.75) is 76.4 Å². The number of nitrogens with zero attached hydrogens (tertiary/aromatic N) is 8. The highest BCUT2D eigenvalue weighted by Gasteiger charge is 2.40. The molecule has 3 N–H and O–H groups in total. The summed E-state index contributed by atoms with van der Waals surface area (Å²) in [6.45, 7) is 6.96. The molecular formula is C46H57N11O6. The first-order valence-corrected chi connectivity index (χ1v) is 22.5. The van der Waals surface area contributed by atoms with Crippen molar-refractivity contribution >= 4 is 53.0 Å². The van der Waals surface area contributed by atoms with Crippen LogP contribution in [-0.2, 0) is 25.7 Å². The number of nitrogens with one attached hydrogen (secondary N) is 3. The van der Waals surface area contributed by atoms with Crippen LogP contribution in [0.2, 0.25) is 0 Å². The van der Waals surface area contributed by atoms with E-state index < -0.39 is 11.9 Å². The monoisotopic (exact) mass is 859 g/mol. The Hall–Kier alpha value is -6.23. The molecule has 0 aliphatic carbocycles. The number of carbonyl (C=O) groups is 6. The number of likely N-dealkylation sites (tertiary alicyclic amines) is 1. The van der Waals surface area contributed by atoms with Crippen molar-refractivity contribution in [2.75, 3.05) is 75.7 Å². The zero-order chi connectivity index (χ0) is 43.7. The third-order valence-electron chi connectivity index (χ3n) is 13.2. The second kappa shape index (κ2) is 20.3. The van der Waals surface area contributed by atoms with E-state index >= 15 is 0 Å². The first kappa shape index (κ1) is 43.4. The number of rotatable bonds is 14. The summed E-state index contributed by atoms with van der Waals surface area (Å²) in [5.41, 5.74) is 3.23. The van der Waals surface area contributed by atoms with Gasteiger partial charge in [-0.25, -0.2) is 0 Å². The van der Waals surface area contributed by atoms with E-state index in [0.29, 0.717) is 68.0 Å². The van der Waals surface area contributed by atoms with Crippen molar-refractivity contribution in [1.29, 1.82) is 0 Å². The fraction of sp³-hybridized carbons (Fsp3) is 0.500. The van der Waals surface area contributed by atoms with Crippen LogP contribution in [0.5, 0.6) is 0 Å². The van der Waals surface area contributed by atoms with E-state index in [1.807, 2.05) is 34.1 Å². The van der Waals surface area contributed by atoms with Gasteiger partial charge in [-0.2, -0.15) is 0 Å². The average Bonchev–Trinajstić information content (AvgIpc) is 3.66. The van der Waals surface area contributed by atoms with Gasteiger partial charge in [-0.1, -0.05) is 25.0 Å². The van der Waals surface area contributed by atoms with Crippen LogP contribution in [-0.4, -0.2) is 148 Å². The Morgan fingerprint density at radius 1 is 0.825 bits per heavy atom. The maximum Gasteiger partial charge on any atom is 0.274 e. The molecule has 0 radical (unpaired) electrons. The summed E-state index contributed by atoms with van der Waals surface area (Å²) in [6, 6.07) is 12.5. The molecule has 6 amide bonds. The van der Waals surface area contributed by atoms with Gasteiger partial charge in [-0.05, 0) is 86.4 Å². The molecule has 0 saturated carbocycles. The molecule has 2 aromatic heterocycles. The molecule has 5 aliphatic rings. The van der Waals surface area contributed by atoms with Gasteiger partial charge in [0, 0.05) is 113 Å². The molecule has 8 rings (SSSR count). The van der Waals surface area contributed by atoms with Gasteiger partial charge in [0.1, 0.15) is 6.04 Å². The summed E-state index contributed by atoms with van der Waals surface area (Å²) in [4.78, 5) is 90.1. The summed E-state index contributed by atoms with van der Waals surface area (Å²) >= 11 is 0. The molecule has 0 bridgehead atoms. The number of pyridine rings is 1. The number of aromatic nitrogens is 3. The molecule has 1 aromatic carbocycles. The molecule has 17 heteroatoms. The lowest BCUT2D eigenvalue weighted by Crippen LogP contribution is -2.55. The fourth-order valence-electron chi connectivity index (χ4n) is 9.50. The van der Waals surface area contributed by atoms with Crippen LogP contribution in [0.3, 0.4) is 0 Å². The van der Waals surface area contributed by atoms with E-state index in [1.165, 1.54) is 11.0 Å². The zero-order valence-corrected chi connectivity index (χ0v) is 35.8. The number of benzene rings is 1. The normalized spacial score (nSPS) is 20.3. The molecule has 1 unspecified atom stereocenters. The average molecular weight is 860 g/mol. The number of imide groups is 1. The van der Waals surface area contributed by atoms with Gasteiger partial charge in [-0.3, -0.25) is 44.0 Å². The first-order valence-electron chi connectivity index (χ1n) is 22.5. The highest BCUT2D eigenvalue weighted by atomic mass is 16.2. The highest BCUT2D eigenvalue weighted by molar-refractivity contribution is 6.06. The summed E-state index contributed by atoms with van der Waals surface area (Å²) in [7, 11) is 0. The topological polar surface area (TPSA) is 193 Å². The number of piperazine rings is 1. The summed E-state index contributed by atoms with van der Waals surface area (Å²) in [5.74, 6) is 0.163. The van der Waals surface area contributed by atoms with Crippen LogP contribution >= 0.6 is 0 Å². The number of anilines is 2. The Balaban J connectivity index is 0.704. The maximum atomic E-state index is 13.3. The maximum absolute atomic E-state index is 13.3. The lowest BCUT2D eigenvalue weighted by Gasteiger charge is -2.43. The number of fused-ring (bicyclic) bond motifs is 1. The van der Waals surface area contributed by atoms with E-state index in [0.717, 1.165) is 88.1 Å². The number of unbranched alkanes of at least 4 members (excludes halogenated alkanes) is 1. The predicted molar refractivity (Wildman–Crippen MR) is 235 cm³/mol. The number of hydrogen-bond donors (Lipinski definition) is 3. The summed E-state index contributed by atoms with van der Waals surface area (Å²) in [6.07, 6.45) is 14.1. The molecular weight excluding hydrogens is 803 g/mol. The van der Waals surface area contributed by atoms with Crippen LogP contribution in [0.4, 0.5) is 11.5 Å². The Morgan fingerprint density at radius 2 is 1.63 bits per heavy atom. The quantitative estimate of drug-likeness (QED) is 0.122. The molecule has 4 fully saturated rings. The third kappa shape index (κ3) is 10.7. The van der Waals surface area contributed by atoms with E-state index in [9.17, 15) is 28.8 Å². The summed E-state index contributed by atoms with van der Waals surface area (Å²) in [5, 5.41) is 17.4. The second-order valence-corrected chi connectivity index (χ2v) is 17.1. The minimum Gasteiger partial charge on any atom is -0.376 e. The molecule has 4 saturated heterocycles. The Labute approximate surface area is 367 Å². The minimum atomic E-state index is -0.691. The van der Waals surface area contributed by atoms with Crippen molar-refractivity contribution in [1.82, 2.24) is 45.4 Å². The van der Waals surface area contributed by atoms with Crippen LogP contribution in [0.25, 0.3) is 6.08 Å². The van der Waals surface area contributed by atoms with Gasteiger partial charge < -0.3 is 30.2 Å². The Bertz CT molecular complexity index is 2160. The Morgan fingerprint density at radius 3 is 2.37 bits per heavy atom. The zero-order valence-electron chi connectivity index (χ0n) is 35.8. The predicted octanol–water partition coefficient (Wildman–Crippen LogP) is 2.71. The SMILES string of the molecule is O=C(/C=C/c1cccnc1)NCCCCC1CCN(C(=O)c2ccc(N3CCC(N4CCN(C(=O)CNc5cccc6c5CN(C5CCC(=O)NC5=O)C6=O)CC4)CC3)nn2)CC1. The molecule has 3 aromatic rings. The molecule has 7 heterocycles. The lowest BCUT2D eigenvalue weighted by atomic mass is 9.91. The lowest BCUT2D eigenvalue weighted by molar-refractivity contribution is -0.137. The standard InChI is InChI=1S/C46H57N11O6/c58-41(13-9-33-6-4-19-47-29-33)48-20-2-1-5-32-15-21-56(22-16-32)46(63)38-10-12-40(52-51-38)54-23-17-34(18-24-54)53-25-27-55(28-26-53)43(60)30-49-37-8-3-7-35-36(37)31-57(45(35)62)39-11-14-42(59)50-44(39)61/h3-4,6-10,12-13,19,29,32,34,39,49H,1-2,5,11,14-18,20-28,30-31H2,(H,48,58)(H,50,59,61)/b13-9+. The number of hydrogen-bond acceptors (Lipinski definition) is 12. The van der Waals surface area contributed by atoms with E-state index in [2.05, 4.69) is 40.9 Å². The van der Waals surface area contributed by atoms with Crippen molar-refractivity contribution in [3.8, 4) is 0 Å². The summed E-state index contributed by atoms with van der Waals surface area (Å²) < 4.78 is 0. The Kier molecular flexibility index (Phi) is 14.0. The van der Waals surface area contributed by atoms with Gasteiger partial charge in [0.05, 0.1) is 6.54 Å². The largest absolute Gasteiger partial charge is 0.376 e. The van der Waals surface area contributed by atoms with Crippen LogP contribution in [0.15, 0.2) is 60.9 Å². The van der Waals surface area contributed by atoms with Crippen LogP contribution < -0.4 is 20.9 Å². The fourth-order valence-corrected chi connectivity index (χ4v) is 9.50.